The van der Waals surface area contributed by atoms with Gasteiger partial charge in [-0.3, -0.25) is 0 Å². The molecule has 0 unspecified atom stereocenters. The second-order valence-corrected chi connectivity index (χ2v) is 2.08. The Hall–Kier alpha value is -2.45. The molecule has 0 bridgehead atoms. The maximum absolute atomic E-state index is 8.57. The van der Waals surface area contributed by atoms with Gasteiger partial charge in [0.05, 0.1) is 0 Å². The molecular formula is C6N7-. The molecule has 0 radical (unpaired) electrons. The molecule has 1 aromatic rings. The van der Waals surface area contributed by atoms with Gasteiger partial charge in [-0.15, -0.1) is 10.2 Å². The molecular weight excluding hydrogens is 170 g/mol. The van der Waals surface area contributed by atoms with Crippen LogP contribution in [0.15, 0.2) is 15.4 Å². The Bertz CT molecular complexity index is 572. The Balaban J connectivity index is 2.94. The maximum Gasteiger partial charge on any atom is 0.224 e. The summed E-state index contributed by atoms with van der Waals surface area (Å²) in [5.41, 5.74) is 0.118. The van der Waals surface area contributed by atoms with Gasteiger partial charge in [0.1, 0.15) is 11.4 Å². The van der Waals surface area contributed by atoms with E-state index in [2.05, 4.69) is 25.4 Å². The maximum atomic E-state index is 8.57. The fourth-order valence-electron chi connectivity index (χ4n) is 0.815. The number of nitriles is 1. The smallest absolute Gasteiger partial charge is 0.224 e. The van der Waals surface area contributed by atoms with E-state index in [1.807, 2.05) is 0 Å². The van der Waals surface area contributed by atoms with E-state index < -0.39 is 0 Å². The van der Waals surface area contributed by atoms with Gasteiger partial charge in [0.2, 0.25) is 11.3 Å². The standard InChI is InChI=1S/C6N7/c7-1-3-4(2-8)10-6-5(9-3)11-13-12-6/q-1. The van der Waals surface area contributed by atoms with Crippen molar-refractivity contribution in [1.82, 2.24) is 9.97 Å². The first-order valence-electron chi connectivity index (χ1n) is 3.19. The predicted octanol–water partition coefficient (Wildman–Crippen LogP) is -1.11. The summed E-state index contributed by atoms with van der Waals surface area (Å²) < 4.78 is 0. The van der Waals surface area contributed by atoms with E-state index in [0.29, 0.717) is 0 Å². The van der Waals surface area contributed by atoms with Crippen molar-refractivity contribution in [2.45, 2.75) is 0 Å². The minimum absolute atomic E-state index is 0.0581. The lowest BCUT2D eigenvalue weighted by Gasteiger charge is -1.89. The summed E-state index contributed by atoms with van der Waals surface area (Å²) in [5.74, 6) is 1.91. The van der Waals surface area contributed by atoms with Crippen LogP contribution in [0.2, 0.25) is 0 Å². The van der Waals surface area contributed by atoms with Gasteiger partial charge < -0.3 is 5.41 Å². The third-order valence-electron chi connectivity index (χ3n) is 1.35. The number of hydrogen-bond acceptors (Lipinski definition) is 6. The van der Waals surface area contributed by atoms with Gasteiger partial charge in [0.15, 0.2) is 5.69 Å². The van der Waals surface area contributed by atoms with E-state index in [9.17, 15) is 0 Å². The van der Waals surface area contributed by atoms with Crippen LogP contribution in [0.5, 0.6) is 0 Å². The van der Waals surface area contributed by atoms with Gasteiger partial charge in [-0.05, 0) is 5.22 Å². The molecule has 2 rings (SSSR count). The van der Waals surface area contributed by atoms with Gasteiger partial charge >= 0.3 is 0 Å². The second-order valence-electron chi connectivity index (χ2n) is 2.08. The third kappa shape index (κ3) is 0.982. The van der Waals surface area contributed by atoms with E-state index in [-0.39, 0.29) is 22.3 Å². The van der Waals surface area contributed by atoms with Crippen LogP contribution in [-0.4, -0.2) is 15.8 Å². The molecule has 0 saturated heterocycles. The van der Waals surface area contributed by atoms with Crippen molar-refractivity contribution in [3.8, 4) is 6.07 Å². The number of nitrogens with zero attached hydrogens (tertiary/aromatic N) is 7. The first kappa shape index (κ1) is 7.21. The van der Waals surface area contributed by atoms with Gasteiger partial charge in [-0.1, -0.05) is 0 Å². The van der Waals surface area contributed by atoms with Crippen LogP contribution in [0, 0.1) is 11.3 Å². The molecule has 0 spiro atoms. The molecule has 1 aromatic heterocycles. The van der Waals surface area contributed by atoms with Gasteiger partial charge in [0.25, 0.3) is 0 Å². The number of hydrogen-bond donors (Lipinski definition) is 0. The van der Waals surface area contributed by atoms with Crippen molar-refractivity contribution in [2.24, 2.45) is 15.4 Å². The summed E-state index contributed by atoms with van der Waals surface area (Å²) in [4.78, 5) is 7.48. The summed E-state index contributed by atoms with van der Waals surface area (Å²) in [5, 5.41) is 27.4. The zero-order valence-corrected chi connectivity index (χ0v) is 6.13. The molecule has 0 amide bonds. The largest absolute Gasteiger partial charge is 0.761 e. The van der Waals surface area contributed by atoms with Gasteiger partial charge in [-0.25, -0.2) is 15.8 Å². The van der Waals surface area contributed by atoms with Crippen molar-refractivity contribution >= 4 is 11.7 Å². The summed E-state index contributed by atoms with van der Waals surface area (Å²) in [6, 6.07) is 1.74. The van der Waals surface area contributed by atoms with Crippen molar-refractivity contribution in [3.05, 3.63) is 21.9 Å². The molecule has 0 atom stereocenters. The monoisotopic (exact) mass is 170 g/mol. The minimum Gasteiger partial charge on any atom is -0.761 e. The highest BCUT2D eigenvalue weighted by Crippen LogP contribution is 2.01. The lowest BCUT2D eigenvalue weighted by Crippen LogP contribution is -2.22. The summed E-state index contributed by atoms with van der Waals surface area (Å²) in [7, 11) is 0. The Morgan fingerprint density at radius 1 is 1.31 bits per heavy atom. The van der Waals surface area contributed by atoms with Crippen molar-refractivity contribution in [1.29, 1.82) is 5.26 Å². The molecule has 0 fully saturated rings. The Morgan fingerprint density at radius 3 is 2.85 bits per heavy atom. The fraction of sp³-hybridized carbons (Fsp3) is 0. The second kappa shape index (κ2) is 2.55. The van der Waals surface area contributed by atoms with Crippen LogP contribution in [0.25, 0.3) is 5.41 Å². The molecule has 13 heavy (non-hydrogen) atoms. The molecule has 7 nitrogen and oxygen atoms in total. The predicted molar refractivity (Wildman–Crippen MR) is 39.5 cm³/mol. The van der Waals surface area contributed by atoms with E-state index >= 15 is 0 Å². The lowest BCUT2D eigenvalue weighted by molar-refractivity contribution is 1.03. The van der Waals surface area contributed by atoms with Crippen LogP contribution in [0.1, 0.15) is 5.69 Å². The summed E-state index contributed by atoms with van der Waals surface area (Å²) >= 11 is 0. The highest BCUT2D eigenvalue weighted by molar-refractivity contribution is 5.56. The fourth-order valence-corrected chi connectivity index (χ4v) is 0.815. The Morgan fingerprint density at radius 2 is 2.15 bits per heavy atom. The van der Waals surface area contributed by atoms with Crippen LogP contribution >= 0.6 is 0 Å². The molecule has 0 aromatic carbocycles. The van der Waals surface area contributed by atoms with Crippen LogP contribution in [0.3, 0.4) is 0 Å². The summed E-state index contributed by atoms with van der Waals surface area (Å²) in [6.07, 6.45) is 0. The molecule has 1 aliphatic rings. The number of rotatable bonds is 0. The SMILES string of the molecule is N#Cc1nc2c(nc1=C=[N-])N=NN=2. The van der Waals surface area contributed by atoms with Crippen LogP contribution in [0.4, 0.5) is 5.82 Å². The van der Waals surface area contributed by atoms with E-state index in [0.717, 1.165) is 0 Å². The Kier molecular flexibility index (Phi) is 1.41. The molecule has 0 saturated carbocycles. The zero-order valence-electron chi connectivity index (χ0n) is 6.13. The zero-order chi connectivity index (χ0) is 9.26. The van der Waals surface area contributed by atoms with Crippen molar-refractivity contribution in [2.75, 3.05) is 0 Å². The van der Waals surface area contributed by atoms with E-state index in [1.165, 1.54) is 0 Å². The van der Waals surface area contributed by atoms with Crippen LogP contribution < -0.4 is 10.8 Å². The van der Waals surface area contributed by atoms with Gasteiger partial charge in [-0.2, -0.15) is 5.26 Å². The topological polar surface area (TPSA) is 109 Å². The minimum atomic E-state index is -0.0581. The number of aromatic nitrogens is 2. The molecule has 7 heteroatoms. The number of fused-ring (bicyclic) bond motifs is 1. The normalized spacial score (nSPS) is 11.3. The Labute approximate surface area is 71.3 Å². The summed E-state index contributed by atoms with van der Waals surface area (Å²) in [6.45, 7) is 0. The third-order valence-corrected chi connectivity index (χ3v) is 1.35. The molecule has 1 aliphatic heterocycles. The van der Waals surface area contributed by atoms with Crippen molar-refractivity contribution in [3.63, 3.8) is 0 Å². The van der Waals surface area contributed by atoms with Crippen molar-refractivity contribution < 1.29 is 0 Å². The molecule has 2 heterocycles. The van der Waals surface area contributed by atoms with Gasteiger partial charge in [0, 0.05) is 0 Å². The molecule has 0 N–H and O–H groups in total. The average molecular weight is 170 g/mol. The lowest BCUT2D eigenvalue weighted by atomic mass is 10.4. The quantitative estimate of drug-likeness (QED) is 0.460. The van der Waals surface area contributed by atoms with Crippen LogP contribution in [-0.2, 0) is 0 Å². The van der Waals surface area contributed by atoms with E-state index in [4.69, 9.17) is 10.7 Å². The molecule has 60 valence electrons. The first-order valence-corrected chi connectivity index (χ1v) is 3.19. The highest BCUT2D eigenvalue weighted by Gasteiger charge is 2.07. The highest BCUT2D eigenvalue weighted by atomic mass is 15.4. The average Bonchev–Trinajstić information content (AvgIpc) is 2.62. The molecule has 0 aliphatic carbocycles. The van der Waals surface area contributed by atoms with E-state index in [1.54, 1.807) is 11.9 Å². The first-order chi connectivity index (χ1) is 6.35.